The van der Waals surface area contributed by atoms with E-state index in [1.165, 1.54) is 25.1 Å². The summed E-state index contributed by atoms with van der Waals surface area (Å²) < 4.78 is 1.09. The predicted molar refractivity (Wildman–Crippen MR) is 107 cm³/mol. The lowest BCUT2D eigenvalue weighted by atomic mass is 10.2. The molecule has 0 bridgehead atoms. The Morgan fingerprint density at radius 1 is 0.917 bits per heavy atom. The van der Waals surface area contributed by atoms with Crippen molar-refractivity contribution in [1.29, 1.82) is 0 Å². The van der Waals surface area contributed by atoms with Gasteiger partial charge in [-0.15, -0.1) is 23.1 Å². The molecule has 1 aliphatic heterocycles. The van der Waals surface area contributed by atoms with Crippen LogP contribution in [0.15, 0.2) is 83.2 Å². The fourth-order valence-electron chi connectivity index (χ4n) is 2.54. The Labute approximate surface area is 157 Å². The second-order valence-corrected chi connectivity index (χ2v) is 9.98. The number of rotatable bonds is 3. The lowest BCUT2D eigenvalue weighted by Crippen LogP contribution is -1.98. The van der Waals surface area contributed by atoms with Crippen molar-refractivity contribution >= 4 is 46.6 Å². The van der Waals surface area contributed by atoms with E-state index in [1.54, 1.807) is 47.0 Å². The second kappa shape index (κ2) is 7.00. The fraction of sp³-hybridized carbons (Fsp3) is 0.105. The minimum absolute atomic E-state index is 0.0890. The highest BCUT2D eigenvalue weighted by atomic mass is 32.2. The summed E-state index contributed by atoms with van der Waals surface area (Å²) in [6.07, 6.45) is 0. The van der Waals surface area contributed by atoms with Crippen LogP contribution in [0.25, 0.3) is 10.4 Å². The summed E-state index contributed by atoms with van der Waals surface area (Å²) in [5.74, 6) is 0.976. The predicted octanol–water partition coefficient (Wildman–Crippen LogP) is 6.50. The summed E-state index contributed by atoms with van der Waals surface area (Å²) in [4.78, 5) is 18.3. The van der Waals surface area contributed by atoms with Crippen molar-refractivity contribution in [3.8, 4) is 10.4 Å². The maximum atomic E-state index is 12.1. The van der Waals surface area contributed by atoms with E-state index in [4.69, 9.17) is 0 Å². The standard InChI is InChI=1S/C19H14OS4/c1-2-21-18-11-12(20)10-17(23-18)13-6-5-9-16-19(13)24-15-8-4-3-7-14(15)22-16/h3-11H,2H2,1H3. The Kier molecular flexibility index (Phi) is 4.77. The normalized spacial score (nSPS) is 12.5. The van der Waals surface area contributed by atoms with Gasteiger partial charge < -0.3 is 0 Å². The quantitative estimate of drug-likeness (QED) is 0.373. The third-order valence-electron chi connectivity index (χ3n) is 3.56. The van der Waals surface area contributed by atoms with E-state index in [2.05, 4.69) is 49.4 Å². The number of thioether (sulfide) groups is 1. The van der Waals surface area contributed by atoms with Gasteiger partial charge in [-0.1, -0.05) is 54.7 Å². The van der Waals surface area contributed by atoms with Crippen LogP contribution in [0, 0.1) is 0 Å². The molecule has 0 atom stereocenters. The summed E-state index contributed by atoms with van der Waals surface area (Å²) in [5, 5.41) is 0. The Hall–Kier alpha value is -1.14. The molecule has 0 amide bonds. The van der Waals surface area contributed by atoms with Gasteiger partial charge in [0.25, 0.3) is 0 Å². The molecule has 5 heteroatoms. The molecule has 3 aromatic rings. The maximum Gasteiger partial charge on any atom is 0.182 e. The molecule has 4 rings (SSSR count). The van der Waals surface area contributed by atoms with Gasteiger partial charge in [-0.25, -0.2) is 0 Å². The minimum Gasteiger partial charge on any atom is -0.290 e. The summed E-state index contributed by atoms with van der Waals surface area (Å²) in [7, 11) is 0. The molecular formula is C19H14OS4. The number of benzene rings is 2. The van der Waals surface area contributed by atoms with E-state index in [1.807, 2.05) is 11.8 Å². The van der Waals surface area contributed by atoms with Gasteiger partial charge >= 0.3 is 0 Å². The van der Waals surface area contributed by atoms with Gasteiger partial charge in [-0.3, -0.25) is 4.79 Å². The smallest absolute Gasteiger partial charge is 0.182 e. The van der Waals surface area contributed by atoms with Crippen LogP contribution < -0.4 is 5.43 Å². The molecule has 0 saturated heterocycles. The van der Waals surface area contributed by atoms with Crippen LogP contribution in [0.4, 0.5) is 0 Å². The Bertz CT molecular complexity index is 962. The van der Waals surface area contributed by atoms with Crippen molar-refractivity contribution in [1.82, 2.24) is 0 Å². The first-order valence-electron chi connectivity index (χ1n) is 7.60. The summed E-state index contributed by atoms with van der Waals surface area (Å²) in [5.41, 5.74) is 1.26. The molecule has 0 spiro atoms. The first-order valence-corrected chi connectivity index (χ1v) is 11.0. The maximum absolute atomic E-state index is 12.1. The van der Waals surface area contributed by atoms with Crippen LogP contribution in [0.3, 0.4) is 0 Å². The highest BCUT2D eigenvalue weighted by molar-refractivity contribution is 8.05. The van der Waals surface area contributed by atoms with E-state index in [0.29, 0.717) is 0 Å². The average Bonchev–Trinajstić information content (AvgIpc) is 2.59. The molecule has 24 heavy (non-hydrogen) atoms. The van der Waals surface area contributed by atoms with Gasteiger partial charge in [-0.2, -0.15) is 0 Å². The zero-order chi connectivity index (χ0) is 16.5. The van der Waals surface area contributed by atoms with Crippen LogP contribution >= 0.6 is 46.6 Å². The molecule has 0 radical (unpaired) electrons. The topological polar surface area (TPSA) is 17.1 Å². The molecule has 0 fully saturated rings. The molecule has 0 aliphatic carbocycles. The lowest BCUT2D eigenvalue weighted by molar-refractivity contribution is 1.16. The van der Waals surface area contributed by atoms with Crippen LogP contribution in [-0.2, 0) is 0 Å². The number of fused-ring (bicyclic) bond motifs is 2. The third-order valence-corrected chi connectivity index (χ3v) is 8.34. The van der Waals surface area contributed by atoms with Crippen molar-refractivity contribution in [3.63, 3.8) is 0 Å². The molecule has 120 valence electrons. The first-order chi connectivity index (χ1) is 11.7. The van der Waals surface area contributed by atoms with Gasteiger partial charge in [0.15, 0.2) is 5.43 Å². The van der Waals surface area contributed by atoms with Gasteiger partial charge in [0.05, 0.1) is 4.21 Å². The number of hydrogen-bond acceptors (Lipinski definition) is 5. The molecule has 1 aliphatic rings. The largest absolute Gasteiger partial charge is 0.290 e. The zero-order valence-corrected chi connectivity index (χ0v) is 16.2. The summed E-state index contributed by atoms with van der Waals surface area (Å²) in [6.45, 7) is 2.11. The second-order valence-electron chi connectivity index (χ2n) is 5.19. The monoisotopic (exact) mass is 386 g/mol. The van der Waals surface area contributed by atoms with E-state index in [9.17, 15) is 4.79 Å². The highest BCUT2D eigenvalue weighted by Gasteiger charge is 2.20. The van der Waals surface area contributed by atoms with E-state index >= 15 is 0 Å². The van der Waals surface area contributed by atoms with Gasteiger partial charge in [-0.05, 0) is 24.0 Å². The Morgan fingerprint density at radius 2 is 1.67 bits per heavy atom. The lowest BCUT2D eigenvalue weighted by Gasteiger charge is -2.20. The van der Waals surface area contributed by atoms with Crippen molar-refractivity contribution in [3.05, 3.63) is 64.8 Å². The van der Waals surface area contributed by atoms with Crippen molar-refractivity contribution < 1.29 is 0 Å². The molecule has 2 heterocycles. The molecule has 0 saturated carbocycles. The molecule has 1 aromatic heterocycles. The Balaban J connectivity index is 1.83. The molecular weight excluding hydrogens is 372 g/mol. The van der Waals surface area contributed by atoms with Crippen LogP contribution in [-0.4, -0.2) is 5.75 Å². The molecule has 0 unspecified atom stereocenters. The highest BCUT2D eigenvalue weighted by Crippen LogP contribution is 2.52. The van der Waals surface area contributed by atoms with Gasteiger partial charge in [0.2, 0.25) is 0 Å². The van der Waals surface area contributed by atoms with E-state index in [-0.39, 0.29) is 5.43 Å². The van der Waals surface area contributed by atoms with Crippen LogP contribution in [0.5, 0.6) is 0 Å². The minimum atomic E-state index is 0.0890. The van der Waals surface area contributed by atoms with Crippen molar-refractivity contribution in [2.45, 2.75) is 30.7 Å². The molecule has 1 nitrogen and oxygen atoms in total. The molecule has 0 N–H and O–H groups in total. The van der Waals surface area contributed by atoms with Crippen molar-refractivity contribution in [2.75, 3.05) is 5.75 Å². The van der Waals surface area contributed by atoms with E-state index < -0.39 is 0 Å². The Morgan fingerprint density at radius 3 is 2.46 bits per heavy atom. The van der Waals surface area contributed by atoms with Gasteiger partial charge in [0.1, 0.15) is 0 Å². The number of hydrogen-bond donors (Lipinski definition) is 0. The van der Waals surface area contributed by atoms with Crippen molar-refractivity contribution in [2.24, 2.45) is 0 Å². The van der Waals surface area contributed by atoms with E-state index in [0.717, 1.165) is 14.8 Å². The zero-order valence-electron chi connectivity index (χ0n) is 12.9. The fourth-order valence-corrected chi connectivity index (χ4v) is 7.19. The third kappa shape index (κ3) is 3.18. The summed E-state index contributed by atoms with van der Waals surface area (Å²) in [6, 6.07) is 18.4. The van der Waals surface area contributed by atoms with Gasteiger partial charge in [0, 0.05) is 42.2 Å². The summed E-state index contributed by atoms with van der Waals surface area (Å²) >= 11 is 7.06. The van der Waals surface area contributed by atoms with Crippen LogP contribution in [0.2, 0.25) is 0 Å². The SMILES string of the molecule is CCSc1cc(=O)cc(-c2cccc3c2Sc2ccccc2S3)s1. The average molecular weight is 387 g/mol. The first kappa shape index (κ1) is 16.3. The van der Waals surface area contributed by atoms with Crippen LogP contribution in [0.1, 0.15) is 6.92 Å². The molecule has 2 aromatic carbocycles.